The molecule has 3 heterocycles. The van der Waals surface area contributed by atoms with Crippen LogP contribution in [0.5, 0.6) is 0 Å². The van der Waals surface area contributed by atoms with Crippen LogP contribution in [0.1, 0.15) is 30.9 Å². The van der Waals surface area contributed by atoms with E-state index in [2.05, 4.69) is 23.7 Å². The summed E-state index contributed by atoms with van der Waals surface area (Å²) in [6.07, 6.45) is 1.01. The molecule has 0 bridgehead atoms. The molecule has 0 spiro atoms. The highest BCUT2D eigenvalue weighted by atomic mass is 32.1. The molecule has 0 saturated carbocycles. The molecule has 0 amide bonds. The maximum Gasteiger partial charge on any atom is 0.309 e. The first kappa shape index (κ1) is 12.6. The summed E-state index contributed by atoms with van der Waals surface area (Å²) in [6.45, 7) is 6.27. The molecule has 0 aromatic carbocycles. The lowest BCUT2D eigenvalue weighted by Crippen LogP contribution is -2.36. The van der Waals surface area contributed by atoms with E-state index in [0.717, 1.165) is 35.9 Å². The number of aromatic nitrogens is 2. The molecule has 6 heteroatoms. The third-order valence-corrected chi connectivity index (χ3v) is 4.54. The number of imidazole rings is 1. The lowest BCUT2D eigenvalue weighted by atomic mass is 10.1. The number of aliphatic carboxylic acids is 1. The molecule has 2 aromatic heterocycles. The summed E-state index contributed by atoms with van der Waals surface area (Å²) in [7, 11) is 0. The topological polar surface area (TPSA) is 57.8 Å². The number of rotatable bonds is 3. The summed E-state index contributed by atoms with van der Waals surface area (Å²) in [5, 5.41) is 10.9. The summed E-state index contributed by atoms with van der Waals surface area (Å²) >= 11 is 1.53. The first-order chi connectivity index (χ1) is 9.06. The fourth-order valence-corrected chi connectivity index (χ4v) is 3.55. The molecule has 3 rings (SSSR count). The molecule has 1 N–H and O–H groups in total. The van der Waals surface area contributed by atoms with Crippen LogP contribution >= 0.6 is 11.3 Å². The number of fused-ring (bicyclic) bond motifs is 3. The summed E-state index contributed by atoms with van der Waals surface area (Å²) in [6, 6.07) is 0.500. The average molecular weight is 279 g/mol. The monoisotopic (exact) mass is 279 g/mol. The van der Waals surface area contributed by atoms with E-state index in [0.29, 0.717) is 6.04 Å². The van der Waals surface area contributed by atoms with E-state index in [1.807, 2.05) is 9.78 Å². The van der Waals surface area contributed by atoms with Crippen LogP contribution in [-0.4, -0.2) is 37.9 Å². The van der Waals surface area contributed by atoms with Gasteiger partial charge >= 0.3 is 5.97 Å². The number of carboxylic acid groups (broad SMARTS) is 1. The predicted octanol–water partition coefficient (Wildman–Crippen LogP) is 1.79. The smallest absolute Gasteiger partial charge is 0.309 e. The van der Waals surface area contributed by atoms with Crippen LogP contribution < -0.4 is 0 Å². The molecular weight excluding hydrogens is 262 g/mol. The van der Waals surface area contributed by atoms with Crippen LogP contribution in [-0.2, 0) is 24.2 Å². The van der Waals surface area contributed by atoms with Crippen LogP contribution in [0.3, 0.4) is 0 Å². The number of hydrogen-bond donors (Lipinski definition) is 1. The molecule has 19 heavy (non-hydrogen) atoms. The van der Waals surface area contributed by atoms with E-state index < -0.39 is 5.97 Å². The van der Waals surface area contributed by atoms with Crippen molar-refractivity contribution in [1.29, 1.82) is 0 Å². The largest absolute Gasteiger partial charge is 0.481 e. The second-order valence-electron chi connectivity index (χ2n) is 5.23. The average Bonchev–Trinajstić information content (AvgIpc) is 2.87. The molecule has 2 aromatic rings. The van der Waals surface area contributed by atoms with Crippen molar-refractivity contribution in [1.82, 2.24) is 14.3 Å². The number of nitrogens with zero attached hydrogens (tertiary/aromatic N) is 3. The van der Waals surface area contributed by atoms with Crippen molar-refractivity contribution in [3.8, 4) is 0 Å². The Labute approximate surface area is 115 Å². The zero-order valence-electron chi connectivity index (χ0n) is 11.1. The van der Waals surface area contributed by atoms with E-state index in [1.54, 1.807) is 0 Å². The van der Waals surface area contributed by atoms with Gasteiger partial charge in [-0.1, -0.05) is 0 Å². The minimum absolute atomic E-state index is 0.0600. The summed E-state index contributed by atoms with van der Waals surface area (Å²) in [5.41, 5.74) is 3.15. The van der Waals surface area contributed by atoms with Gasteiger partial charge in [0.25, 0.3) is 0 Å². The highest BCUT2D eigenvalue weighted by molar-refractivity contribution is 7.15. The van der Waals surface area contributed by atoms with Crippen LogP contribution in [0.15, 0.2) is 5.38 Å². The minimum atomic E-state index is -0.793. The summed E-state index contributed by atoms with van der Waals surface area (Å²) in [5.74, 6) is -0.793. The molecular formula is C13H17N3O2S. The number of carbonyl (C=O) groups is 1. The Hall–Kier alpha value is -1.40. The van der Waals surface area contributed by atoms with Crippen molar-refractivity contribution < 1.29 is 9.90 Å². The number of carboxylic acids is 1. The molecule has 1 aliphatic heterocycles. The maximum absolute atomic E-state index is 10.9. The molecule has 102 valence electrons. The molecule has 0 radical (unpaired) electrons. The van der Waals surface area contributed by atoms with Crippen molar-refractivity contribution in [3.63, 3.8) is 0 Å². The van der Waals surface area contributed by atoms with Gasteiger partial charge in [-0.2, -0.15) is 0 Å². The van der Waals surface area contributed by atoms with Crippen LogP contribution in [0, 0.1) is 0 Å². The van der Waals surface area contributed by atoms with Crippen LogP contribution in [0.25, 0.3) is 4.96 Å². The third-order valence-electron chi connectivity index (χ3n) is 3.66. The van der Waals surface area contributed by atoms with Gasteiger partial charge in [0.05, 0.1) is 17.8 Å². The summed E-state index contributed by atoms with van der Waals surface area (Å²) < 4.78 is 2.04. The Bertz CT molecular complexity index is 629. The standard InChI is InChI=1S/C13H17N3O2S/c1-8(2)15-4-3-10-11(6-15)16-9(5-12(17)18)7-19-13(16)14-10/h7-8H,3-6H2,1-2H3,(H,17,18). The van der Waals surface area contributed by atoms with Crippen molar-refractivity contribution in [3.05, 3.63) is 22.5 Å². The van der Waals surface area contributed by atoms with E-state index in [-0.39, 0.29) is 6.42 Å². The van der Waals surface area contributed by atoms with E-state index >= 15 is 0 Å². The van der Waals surface area contributed by atoms with E-state index in [1.165, 1.54) is 17.0 Å². The molecule has 0 fully saturated rings. The fraction of sp³-hybridized carbons (Fsp3) is 0.538. The molecule has 5 nitrogen and oxygen atoms in total. The third kappa shape index (κ3) is 2.15. The van der Waals surface area contributed by atoms with Crippen molar-refractivity contribution in [2.24, 2.45) is 0 Å². The predicted molar refractivity (Wildman–Crippen MR) is 73.7 cm³/mol. The Balaban J connectivity index is 2.05. The highest BCUT2D eigenvalue weighted by Gasteiger charge is 2.25. The Kier molecular flexibility index (Phi) is 3.06. The number of thiazole rings is 1. The second-order valence-corrected chi connectivity index (χ2v) is 6.07. The SMILES string of the molecule is CC(C)N1CCc2nc3scc(CC(=O)O)n3c2C1. The van der Waals surface area contributed by atoms with Gasteiger partial charge < -0.3 is 5.11 Å². The van der Waals surface area contributed by atoms with Gasteiger partial charge in [0.15, 0.2) is 4.96 Å². The van der Waals surface area contributed by atoms with Gasteiger partial charge in [-0.25, -0.2) is 4.98 Å². The summed E-state index contributed by atoms with van der Waals surface area (Å²) in [4.78, 5) is 18.9. The van der Waals surface area contributed by atoms with Gasteiger partial charge in [0.2, 0.25) is 0 Å². The normalized spacial score (nSPS) is 16.2. The van der Waals surface area contributed by atoms with Crippen molar-refractivity contribution in [2.45, 2.75) is 39.3 Å². The molecule has 0 atom stereocenters. The zero-order chi connectivity index (χ0) is 13.6. The Morgan fingerprint density at radius 3 is 3.05 bits per heavy atom. The van der Waals surface area contributed by atoms with Gasteiger partial charge in [0, 0.05) is 36.6 Å². The Morgan fingerprint density at radius 2 is 2.37 bits per heavy atom. The second kappa shape index (κ2) is 4.61. The van der Waals surface area contributed by atoms with Gasteiger partial charge in [-0.05, 0) is 13.8 Å². The zero-order valence-corrected chi connectivity index (χ0v) is 11.9. The molecule has 0 saturated heterocycles. The van der Waals surface area contributed by atoms with E-state index in [9.17, 15) is 4.79 Å². The molecule has 0 aliphatic carbocycles. The van der Waals surface area contributed by atoms with Crippen molar-refractivity contribution in [2.75, 3.05) is 6.54 Å². The van der Waals surface area contributed by atoms with Crippen molar-refractivity contribution >= 4 is 22.3 Å². The minimum Gasteiger partial charge on any atom is -0.481 e. The molecule has 1 aliphatic rings. The first-order valence-corrected chi connectivity index (χ1v) is 7.36. The first-order valence-electron chi connectivity index (χ1n) is 6.48. The highest BCUT2D eigenvalue weighted by Crippen LogP contribution is 2.26. The Morgan fingerprint density at radius 1 is 1.58 bits per heavy atom. The lowest BCUT2D eigenvalue weighted by Gasteiger charge is -2.30. The lowest BCUT2D eigenvalue weighted by molar-refractivity contribution is -0.136. The quantitative estimate of drug-likeness (QED) is 0.930. The van der Waals surface area contributed by atoms with E-state index in [4.69, 9.17) is 5.11 Å². The molecule has 0 unspecified atom stereocenters. The van der Waals surface area contributed by atoms with Gasteiger partial charge in [0.1, 0.15) is 0 Å². The fourth-order valence-electron chi connectivity index (χ4n) is 2.62. The van der Waals surface area contributed by atoms with Gasteiger partial charge in [-0.15, -0.1) is 11.3 Å². The van der Waals surface area contributed by atoms with Crippen LogP contribution in [0.2, 0.25) is 0 Å². The van der Waals surface area contributed by atoms with Gasteiger partial charge in [-0.3, -0.25) is 14.1 Å². The maximum atomic E-state index is 10.9. The van der Waals surface area contributed by atoms with Crippen LogP contribution in [0.4, 0.5) is 0 Å². The number of hydrogen-bond acceptors (Lipinski definition) is 4.